The molecule has 0 aliphatic carbocycles. The molecule has 3 rings (SSSR count). The van der Waals surface area contributed by atoms with Crippen LogP contribution in [0.4, 0.5) is 0 Å². The number of carboxylic acids is 1. The van der Waals surface area contributed by atoms with Crippen molar-refractivity contribution in [3.8, 4) is 0 Å². The molecule has 2 heterocycles. The van der Waals surface area contributed by atoms with E-state index in [9.17, 15) is 9.90 Å². The molecule has 108 valence electrons. The molecular formula is C16H17N3O2. The molecule has 21 heavy (non-hydrogen) atoms. The van der Waals surface area contributed by atoms with Crippen LogP contribution in [0.5, 0.6) is 0 Å². The summed E-state index contributed by atoms with van der Waals surface area (Å²) in [4.78, 5) is 21.4. The zero-order valence-corrected chi connectivity index (χ0v) is 11.7. The zero-order valence-electron chi connectivity index (χ0n) is 11.7. The minimum atomic E-state index is -0.971. The Hall–Kier alpha value is -2.27. The number of benzene rings is 1. The minimum absolute atomic E-state index is 0.190. The number of hydrogen-bond donors (Lipinski definition) is 1. The average Bonchev–Trinajstić information content (AvgIpc) is 2.69. The molecule has 1 aliphatic heterocycles. The number of aromatic nitrogens is 2. The summed E-state index contributed by atoms with van der Waals surface area (Å²) in [7, 11) is 0. The van der Waals surface area contributed by atoms with Gasteiger partial charge < -0.3 is 5.11 Å². The topological polar surface area (TPSA) is 66.3 Å². The van der Waals surface area contributed by atoms with Crippen LogP contribution in [-0.4, -0.2) is 32.5 Å². The highest BCUT2D eigenvalue weighted by molar-refractivity contribution is 5.88. The molecule has 5 nitrogen and oxygen atoms in total. The second kappa shape index (κ2) is 6.01. The molecular weight excluding hydrogens is 266 g/mol. The minimum Gasteiger partial charge on any atom is -0.478 e. The second-order valence-corrected chi connectivity index (χ2v) is 5.27. The number of carboxylic acid groups (broad SMARTS) is 1. The maximum atomic E-state index is 11.2. The van der Waals surface area contributed by atoms with Gasteiger partial charge in [-0.3, -0.25) is 4.90 Å². The van der Waals surface area contributed by atoms with E-state index in [0.717, 1.165) is 25.9 Å². The van der Waals surface area contributed by atoms with Crippen LogP contribution in [0.3, 0.4) is 0 Å². The molecule has 0 amide bonds. The Kier molecular flexibility index (Phi) is 3.92. The molecule has 1 aromatic carbocycles. The van der Waals surface area contributed by atoms with Crippen molar-refractivity contribution >= 4 is 5.97 Å². The Morgan fingerprint density at radius 3 is 2.90 bits per heavy atom. The van der Waals surface area contributed by atoms with Crippen molar-refractivity contribution in [1.82, 2.24) is 14.9 Å². The Labute approximate surface area is 123 Å². The van der Waals surface area contributed by atoms with Crippen LogP contribution < -0.4 is 0 Å². The van der Waals surface area contributed by atoms with Crippen molar-refractivity contribution in [2.45, 2.75) is 25.9 Å². The summed E-state index contributed by atoms with van der Waals surface area (Å²) in [5.74, 6) is -0.971. The summed E-state index contributed by atoms with van der Waals surface area (Å²) >= 11 is 0. The monoisotopic (exact) mass is 283 g/mol. The van der Waals surface area contributed by atoms with Crippen LogP contribution in [0.2, 0.25) is 0 Å². The highest BCUT2D eigenvalue weighted by atomic mass is 16.4. The first kappa shape index (κ1) is 13.7. The SMILES string of the molecule is O=C(O)c1cncnc1CN1CCCc2ccccc2C1. The Morgan fingerprint density at radius 1 is 1.29 bits per heavy atom. The third kappa shape index (κ3) is 3.08. The van der Waals surface area contributed by atoms with E-state index < -0.39 is 5.97 Å². The maximum absolute atomic E-state index is 11.2. The van der Waals surface area contributed by atoms with Gasteiger partial charge in [-0.25, -0.2) is 14.8 Å². The largest absolute Gasteiger partial charge is 0.478 e. The van der Waals surface area contributed by atoms with E-state index in [1.54, 1.807) is 0 Å². The number of nitrogens with zero attached hydrogens (tertiary/aromatic N) is 3. The summed E-state index contributed by atoms with van der Waals surface area (Å²) in [6.07, 6.45) is 4.93. The molecule has 1 aliphatic rings. The lowest BCUT2D eigenvalue weighted by atomic mass is 10.0. The van der Waals surface area contributed by atoms with Gasteiger partial charge in [0.1, 0.15) is 11.9 Å². The lowest BCUT2D eigenvalue weighted by Gasteiger charge is -2.20. The summed E-state index contributed by atoms with van der Waals surface area (Å²) < 4.78 is 0. The Bertz CT molecular complexity index is 657. The normalized spacial score (nSPS) is 15.2. The predicted molar refractivity (Wildman–Crippen MR) is 77.9 cm³/mol. The smallest absolute Gasteiger partial charge is 0.339 e. The molecule has 0 bridgehead atoms. The third-order valence-electron chi connectivity index (χ3n) is 3.83. The zero-order chi connectivity index (χ0) is 14.7. The molecule has 1 N–H and O–H groups in total. The van der Waals surface area contributed by atoms with E-state index in [0.29, 0.717) is 12.2 Å². The molecule has 5 heteroatoms. The lowest BCUT2D eigenvalue weighted by Crippen LogP contribution is -2.24. The van der Waals surface area contributed by atoms with Crippen molar-refractivity contribution in [2.24, 2.45) is 0 Å². The summed E-state index contributed by atoms with van der Waals surface area (Å²) in [5.41, 5.74) is 3.48. The molecule has 0 atom stereocenters. The van der Waals surface area contributed by atoms with Gasteiger partial charge in [-0.1, -0.05) is 24.3 Å². The molecule has 0 fully saturated rings. The van der Waals surface area contributed by atoms with Gasteiger partial charge >= 0.3 is 5.97 Å². The van der Waals surface area contributed by atoms with Gasteiger partial charge in [0, 0.05) is 19.3 Å². The van der Waals surface area contributed by atoms with Gasteiger partial charge in [0.2, 0.25) is 0 Å². The van der Waals surface area contributed by atoms with Crippen LogP contribution in [-0.2, 0) is 19.5 Å². The highest BCUT2D eigenvalue weighted by Crippen LogP contribution is 2.20. The molecule has 1 aromatic heterocycles. The Balaban J connectivity index is 1.81. The third-order valence-corrected chi connectivity index (χ3v) is 3.83. The first-order valence-corrected chi connectivity index (χ1v) is 7.05. The lowest BCUT2D eigenvalue weighted by molar-refractivity contribution is 0.0693. The number of aromatic carboxylic acids is 1. The fourth-order valence-electron chi connectivity index (χ4n) is 2.78. The molecule has 0 unspecified atom stereocenters. The number of carbonyl (C=O) groups is 1. The van der Waals surface area contributed by atoms with Crippen molar-refractivity contribution in [3.05, 3.63) is 59.2 Å². The van der Waals surface area contributed by atoms with Crippen LogP contribution in [0.25, 0.3) is 0 Å². The van der Waals surface area contributed by atoms with E-state index in [1.165, 1.54) is 23.7 Å². The molecule has 2 aromatic rings. The quantitative estimate of drug-likeness (QED) is 0.934. The predicted octanol–water partition coefficient (Wildman–Crippen LogP) is 2.12. The van der Waals surface area contributed by atoms with Gasteiger partial charge in [-0.15, -0.1) is 0 Å². The van der Waals surface area contributed by atoms with Crippen LogP contribution in [0.15, 0.2) is 36.8 Å². The fraction of sp³-hybridized carbons (Fsp3) is 0.312. The van der Waals surface area contributed by atoms with Gasteiger partial charge in [0.15, 0.2) is 0 Å². The number of rotatable bonds is 3. The van der Waals surface area contributed by atoms with Crippen molar-refractivity contribution in [3.63, 3.8) is 0 Å². The molecule has 0 radical (unpaired) electrons. The number of aryl methyl sites for hydroxylation is 1. The van der Waals surface area contributed by atoms with Crippen LogP contribution in [0.1, 0.15) is 33.6 Å². The van der Waals surface area contributed by atoms with Crippen molar-refractivity contribution in [1.29, 1.82) is 0 Å². The van der Waals surface area contributed by atoms with E-state index >= 15 is 0 Å². The molecule has 0 saturated carbocycles. The first-order valence-electron chi connectivity index (χ1n) is 7.05. The summed E-state index contributed by atoms with van der Waals surface area (Å²) in [6.45, 7) is 2.31. The molecule has 0 spiro atoms. The van der Waals surface area contributed by atoms with Crippen LogP contribution >= 0.6 is 0 Å². The maximum Gasteiger partial charge on any atom is 0.339 e. The second-order valence-electron chi connectivity index (χ2n) is 5.27. The Morgan fingerprint density at radius 2 is 2.10 bits per heavy atom. The van der Waals surface area contributed by atoms with E-state index in [2.05, 4.69) is 39.1 Å². The fourth-order valence-corrected chi connectivity index (χ4v) is 2.78. The molecule has 0 saturated heterocycles. The van der Waals surface area contributed by atoms with Gasteiger partial charge in [0.05, 0.1) is 5.69 Å². The average molecular weight is 283 g/mol. The standard InChI is InChI=1S/C16H17N3O2/c20-16(21)14-8-17-11-18-15(14)10-19-7-3-6-12-4-1-2-5-13(12)9-19/h1-2,4-5,8,11H,3,6-7,9-10H2,(H,20,21). The first-order chi connectivity index (χ1) is 10.2. The van der Waals surface area contributed by atoms with Gasteiger partial charge in [-0.2, -0.15) is 0 Å². The van der Waals surface area contributed by atoms with Crippen LogP contribution in [0, 0.1) is 0 Å². The number of hydrogen-bond acceptors (Lipinski definition) is 4. The van der Waals surface area contributed by atoms with Gasteiger partial charge in [-0.05, 0) is 30.5 Å². The van der Waals surface area contributed by atoms with E-state index in [1.807, 2.05) is 0 Å². The van der Waals surface area contributed by atoms with E-state index in [-0.39, 0.29) is 5.56 Å². The van der Waals surface area contributed by atoms with Crippen molar-refractivity contribution < 1.29 is 9.90 Å². The van der Waals surface area contributed by atoms with E-state index in [4.69, 9.17) is 0 Å². The highest BCUT2D eigenvalue weighted by Gasteiger charge is 2.18. The van der Waals surface area contributed by atoms with Gasteiger partial charge in [0.25, 0.3) is 0 Å². The van der Waals surface area contributed by atoms with Crippen molar-refractivity contribution in [2.75, 3.05) is 6.54 Å². The summed E-state index contributed by atoms with van der Waals surface area (Å²) in [6, 6.07) is 8.44. The summed E-state index contributed by atoms with van der Waals surface area (Å²) in [5, 5.41) is 9.21. The number of fused-ring (bicyclic) bond motifs is 1.